The number of hydrogen-bond acceptors (Lipinski definition) is 6. The van der Waals surface area contributed by atoms with Gasteiger partial charge < -0.3 is 14.8 Å². The number of anilines is 1. The molecule has 2 aromatic rings. The Labute approximate surface area is 149 Å². The lowest BCUT2D eigenvalue weighted by Crippen LogP contribution is -2.21. The van der Waals surface area contributed by atoms with Gasteiger partial charge in [-0.3, -0.25) is 14.9 Å². The van der Waals surface area contributed by atoms with Crippen molar-refractivity contribution in [2.24, 2.45) is 0 Å². The second-order valence-corrected chi connectivity index (χ2v) is 5.53. The number of rotatable bonds is 6. The third kappa shape index (κ3) is 4.35. The van der Waals surface area contributed by atoms with E-state index in [4.69, 9.17) is 4.74 Å². The molecular weight excluding hydrogens is 340 g/mol. The van der Waals surface area contributed by atoms with E-state index in [0.717, 1.165) is 17.2 Å². The van der Waals surface area contributed by atoms with Gasteiger partial charge in [-0.05, 0) is 31.0 Å². The average Bonchev–Trinajstić information content (AvgIpc) is 2.62. The van der Waals surface area contributed by atoms with Crippen molar-refractivity contribution in [2.75, 3.05) is 19.0 Å². The molecule has 2 rings (SSSR count). The lowest BCUT2D eigenvalue weighted by Gasteiger charge is -2.12. The summed E-state index contributed by atoms with van der Waals surface area (Å²) in [7, 11) is 1.20. The molecule has 0 unspecified atom stereocenters. The highest BCUT2D eigenvalue weighted by Crippen LogP contribution is 2.28. The topological polar surface area (TPSA) is 108 Å². The normalized spacial score (nSPS) is 10.1. The summed E-state index contributed by atoms with van der Waals surface area (Å²) in [5.74, 6) is -1.32. The van der Waals surface area contributed by atoms with Crippen LogP contribution in [0, 0.1) is 24.0 Å². The Bertz CT molecular complexity index is 843. The van der Waals surface area contributed by atoms with Crippen LogP contribution in [0.1, 0.15) is 21.5 Å². The molecule has 2 aromatic carbocycles. The van der Waals surface area contributed by atoms with Crippen LogP contribution < -0.4 is 10.1 Å². The molecule has 0 bridgehead atoms. The van der Waals surface area contributed by atoms with Crippen LogP contribution in [0.4, 0.5) is 11.4 Å². The minimum atomic E-state index is -0.662. The lowest BCUT2D eigenvalue weighted by atomic mass is 10.1. The number of aryl methyl sites for hydroxylation is 2. The summed E-state index contributed by atoms with van der Waals surface area (Å²) in [5, 5.41) is 13.8. The number of nitro groups is 1. The molecule has 26 heavy (non-hydrogen) atoms. The minimum Gasteiger partial charge on any atom is -0.477 e. The van der Waals surface area contributed by atoms with Crippen molar-refractivity contribution in [3.63, 3.8) is 0 Å². The van der Waals surface area contributed by atoms with Crippen LogP contribution in [-0.2, 0) is 9.53 Å². The highest BCUT2D eigenvalue weighted by Gasteiger charge is 2.19. The quantitative estimate of drug-likeness (QED) is 0.483. The highest BCUT2D eigenvalue weighted by atomic mass is 16.6. The van der Waals surface area contributed by atoms with Crippen LogP contribution in [0.15, 0.2) is 36.4 Å². The van der Waals surface area contributed by atoms with Gasteiger partial charge in [0.15, 0.2) is 12.4 Å². The van der Waals surface area contributed by atoms with E-state index in [1.54, 1.807) is 0 Å². The fraction of sp³-hybridized carbons (Fsp3) is 0.222. The number of amides is 1. The van der Waals surface area contributed by atoms with Crippen molar-refractivity contribution in [1.82, 2.24) is 0 Å². The van der Waals surface area contributed by atoms with E-state index < -0.39 is 23.4 Å². The van der Waals surface area contributed by atoms with E-state index in [1.807, 2.05) is 32.0 Å². The Hall–Kier alpha value is -3.42. The smallest absolute Gasteiger partial charge is 0.337 e. The summed E-state index contributed by atoms with van der Waals surface area (Å²) in [6.45, 7) is 3.27. The van der Waals surface area contributed by atoms with E-state index in [-0.39, 0.29) is 17.0 Å². The molecular formula is C18H18N2O6. The Balaban J connectivity index is 2.16. The number of carbonyl (C=O) groups excluding carboxylic acids is 2. The first kappa shape index (κ1) is 18.9. The third-order valence-corrected chi connectivity index (χ3v) is 3.68. The summed E-state index contributed by atoms with van der Waals surface area (Å²) < 4.78 is 9.86. The van der Waals surface area contributed by atoms with Gasteiger partial charge >= 0.3 is 11.7 Å². The SMILES string of the molecule is COC(=O)c1ccc([N+](=O)[O-])c(OCC(=O)Nc2c(C)cccc2C)c1. The average molecular weight is 358 g/mol. The van der Waals surface area contributed by atoms with Crippen molar-refractivity contribution in [3.8, 4) is 5.75 Å². The van der Waals surface area contributed by atoms with Gasteiger partial charge in [0, 0.05) is 17.8 Å². The predicted molar refractivity (Wildman–Crippen MR) is 94.5 cm³/mol. The molecule has 8 nitrogen and oxygen atoms in total. The van der Waals surface area contributed by atoms with Crippen LogP contribution in [-0.4, -0.2) is 30.5 Å². The maximum absolute atomic E-state index is 12.1. The van der Waals surface area contributed by atoms with E-state index in [9.17, 15) is 19.7 Å². The van der Waals surface area contributed by atoms with Crippen LogP contribution in [0.5, 0.6) is 5.75 Å². The zero-order chi connectivity index (χ0) is 19.3. The van der Waals surface area contributed by atoms with Crippen molar-refractivity contribution < 1.29 is 24.0 Å². The van der Waals surface area contributed by atoms with Gasteiger partial charge in [0.1, 0.15) is 0 Å². The molecule has 0 aromatic heterocycles. The molecule has 136 valence electrons. The summed E-state index contributed by atoms with van der Waals surface area (Å²) in [6, 6.07) is 9.15. The minimum absolute atomic E-state index is 0.0863. The molecule has 0 aliphatic rings. The molecule has 1 amide bonds. The number of ether oxygens (including phenoxy) is 2. The van der Waals surface area contributed by atoms with E-state index >= 15 is 0 Å². The zero-order valence-corrected chi connectivity index (χ0v) is 14.6. The molecule has 0 radical (unpaired) electrons. The van der Waals surface area contributed by atoms with Crippen molar-refractivity contribution >= 4 is 23.3 Å². The fourth-order valence-electron chi connectivity index (χ4n) is 2.36. The number of carbonyl (C=O) groups is 2. The van der Waals surface area contributed by atoms with Crippen molar-refractivity contribution in [1.29, 1.82) is 0 Å². The lowest BCUT2D eigenvalue weighted by molar-refractivity contribution is -0.385. The van der Waals surface area contributed by atoms with Gasteiger partial charge in [-0.15, -0.1) is 0 Å². The fourth-order valence-corrected chi connectivity index (χ4v) is 2.36. The van der Waals surface area contributed by atoms with E-state index in [1.165, 1.54) is 19.2 Å². The number of nitrogens with one attached hydrogen (secondary N) is 1. The molecule has 0 aliphatic carbocycles. The summed E-state index contributed by atoms with van der Waals surface area (Å²) >= 11 is 0. The Morgan fingerprint density at radius 1 is 1.15 bits per heavy atom. The molecule has 0 saturated carbocycles. The molecule has 0 saturated heterocycles. The molecule has 0 atom stereocenters. The van der Waals surface area contributed by atoms with Gasteiger partial charge in [0.2, 0.25) is 0 Å². The van der Waals surface area contributed by atoms with Gasteiger partial charge in [-0.2, -0.15) is 0 Å². The number of benzene rings is 2. The Morgan fingerprint density at radius 3 is 2.38 bits per heavy atom. The van der Waals surface area contributed by atoms with E-state index in [0.29, 0.717) is 5.69 Å². The standard InChI is InChI=1S/C18H18N2O6/c1-11-5-4-6-12(2)17(11)19-16(21)10-26-15-9-13(18(22)25-3)7-8-14(15)20(23)24/h4-9H,10H2,1-3H3,(H,19,21). The zero-order valence-electron chi connectivity index (χ0n) is 14.6. The third-order valence-electron chi connectivity index (χ3n) is 3.68. The van der Waals surface area contributed by atoms with Gasteiger partial charge in [-0.25, -0.2) is 4.79 Å². The molecule has 8 heteroatoms. The molecule has 1 N–H and O–H groups in total. The van der Waals surface area contributed by atoms with E-state index in [2.05, 4.69) is 10.1 Å². The summed E-state index contributed by atoms with van der Waals surface area (Å²) in [5.41, 5.74) is 2.17. The number of nitrogens with zero attached hydrogens (tertiary/aromatic N) is 1. The molecule has 0 fully saturated rings. The summed E-state index contributed by atoms with van der Waals surface area (Å²) in [6.07, 6.45) is 0. The Morgan fingerprint density at radius 2 is 1.81 bits per heavy atom. The number of nitro benzene ring substituents is 1. The maximum Gasteiger partial charge on any atom is 0.337 e. The number of para-hydroxylation sites is 1. The van der Waals surface area contributed by atoms with Crippen molar-refractivity contribution in [3.05, 3.63) is 63.2 Å². The van der Waals surface area contributed by atoms with Crippen LogP contribution in [0.25, 0.3) is 0 Å². The predicted octanol–water partition coefficient (Wildman–Crippen LogP) is 3.02. The monoisotopic (exact) mass is 358 g/mol. The van der Waals surface area contributed by atoms with Crippen molar-refractivity contribution in [2.45, 2.75) is 13.8 Å². The largest absolute Gasteiger partial charge is 0.477 e. The molecule has 0 aliphatic heterocycles. The molecule has 0 spiro atoms. The first-order chi connectivity index (χ1) is 12.3. The van der Waals surface area contributed by atoms with Gasteiger partial charge in [0.25, 0.3) is 5.91 Å². The second kappa shape index (κ2) is 8.11. The Kier molecular flexibility index (Phi) is 5.90. The number of esters is 1. The first-order valence-electron chi connectivity index (χ1n) is 7.69. The number of methoxy groups -OCH3 is 1. The van der Waals surface area contributed by atoms with Gasteiger partial charge in [-0.1, -0.05) is 18.2 Å². The second-order valence-electron chi connectivity index (χ2n) is 5.53. The summed E-state index contributed by atoms with van der Waals surface area (Å²) in [4.78, 5) is 34.2. The van der Waals surface area contributed by atoms with Gasteiger partial charge in [0.05, 0.1) is 17.6 Å². The van der Waals surface area contributed by atoms with Crippen LogP contribution in [0.3, 0.4) is 0 Å². The number of hydrogen-bond donors (Lipinski definition) is 1. The maximum atomic E-state index is 12.1. The molecule has 0 heterocycles. The van der Waals surface area contributed by atoms with Crippen LogP contribution in [0.2, 0.25) is 0 Å². The first-order valence-corrected chi connectivity index (χ1v) is 7.69. The van der Waals surface area contributed by atoms with Crippen LogP contribution >= 0.6 is 0 Å². The highest BCUT2D eigenvalue weighted by molar-refractivity contribution is 5.93.